The fourth-order valence-corrected chi connectivity index (χ4v) is 4.39. The average Bonchev–Trinajstić information content (AvgIpc) is 3.05. The summed E-state index contributed by atoms with van der Waals surface area (Å²) in [6, 6.07) is 14.7. The molecule has 1 aliphatic rings. The van der Waals surface area contributed by atoms with Gasteiger partial charge in [-0.05, 0) is 37.8 Å². The van der Waals surface area contributed by atoms with Crippen molar-refractivity contribution < 1.29 is 19.2 Å². The maximum Gasteiger partial charge on any atom is 0.421 e. The van der Waals surface area contributed by atoms with Gasteiger partial charge < -0.3 is 4.74 Å². The van der Waals surface area contributed by atoms with Crippen LogP contribution in [0.3, 0.4) is 0 Å². The third kappa shape index (κ3) is 4.21. The van der Waals surface area contributed by atoms with E-state index in [-0.39, 0.29) is 17.4 Å². The van der Waals surface area contributed by atoms with Gasteiger partial charge in [-0.3, -0.25) is 14.9 Å². The number of nitro groups is 1. The van der Waals surface area contributed by atoms with E-state index >= 15 is 0 Å². The number of para-hydroxylation sites is 1. The van der Waals surface area contributed by atoms with Gasteiger partial charge in [0.05, 0.1) is 18.7 Å². The maximum absolute atomic E-state index is 13.3. The van der Waals surface area contributed by atoms with Gasteiger partial charge >= 0.3 is 6.09 Å². The average molecular weight is 422 g/mol. The molecule has 0 spiro atoms. The molecule has 0 N–H and O–H groups in total. The molecule has 162 valence electrons. The number of carbonyl (C=O) groups excluding carboxylic acids is 2. The molecule has 2 aromatic rings. The standard InChI is InChI=1S/C24H26N2O5/c1-5-18(20(14-25(29)30)17-12-10-15(2)11-13-17)16(3)22-19-8-6-7-9-21(19)26(23(22)27)24(28)31-4/h6-13,18,20H,5,14H2,1-4H3/b22-16-/t18-,20-/m0/s1. The first-order valence-corrected chi connectivity index (χ1v) is 10.2. The zero-order valence-electron chi connectivity index (χ0n) is 18.1. The highest BCUT2D eigenvalue weighted by atomic mass is 16.6. The van der Waals surface area contributed by atoms with Crippen molar-refractivity contribution in [3.05, 3.63) is 80.9 Å². The van der Waals surface area contributed by atoms with E-state index < -0.39 is 17.9 Å². The van der Waals surface area contributed by atoms with Crippen molar-refractivity contribution >= 4 is 23.3 Å². The summed E-state index contributed by atoms with van der Waals surface area (Å²) < 4.78 is 4.81. The second-order valence-electron chi connectivity index (χ2n) is 7.73. The molecule has 2 amide bonds. The first kappa shape index (κ1) is 22.2. The molecule has 2 atom stereocenters. The van der Waals surface area contributed by atoms with E-state index in [0.717, 1.165) is 21.6 Å². The highest BCUT2D eigenvalue weighted by Crippen LogP contribution is 2.43. The minimum Gasteiger partial charge on any atom is -0.452 e. The van der Waals surface area contributed by atoms with Gasteiger partial charge in [-0.1, -0.05) is 60.5 Å². The molecule has 0 bridgehead atoms. The molecule has 1 aliphatic heterocycles. The Morgan fingerprint density at radius 1 is 1.16 bits per heavy atom. The highest BCUT2D eigenvalue weighted by molar-refractivity contribution is 6.39. The van der Waals surface area contributed by atoms with Crippen LogP contribution in [0.4, 0.5) is 10.5 Å². The fourth-order valence-electron chi connectivity index (χ4n) is 4.39. The number of rotatable bonds is 6. The van der Waals surface area contributed by atoms with Crippen LogP contribution in [-0.4, -0.2) is 30.6 Å². The van der Waals surface area contributed by atoms with E-state index in [1.165, 1.54) is 7.11 Å². The van der Waals surface area contributed by atoms with Crippen LogP contribution in [0.2, 0.25) is 0 Å². The van der Waals surface area contributed by atoms with E-state index in [0.29, 0.717) is 23.2 Å². The van der Waals surface area contributed by atoms with E-state index in [4.69, 9.17) is 4.74 Å². The largest absolute Gasteiger partial charge is 0.452 e. The van der Waals surface area contributed by atoms with E-state index in [2.05, 4.69) is 0 Å². The number of benzene rings is 2. The SMILES string of the molecule is CC[C@@H](/C(C)=C1\C(=O)N(C(=O)OC)c2ccccc21)[C@@H](C[N+](=O)[O-])c1ccc(C)cc1. The topological polar surface area (TPSA) is 89.8 Å². The summed E-state index contributed by atoms with van der Waals surface area (Å²) in [4.78, 5) is 37.8. The Morgan fingerprint density at radius 3 is 2.39 bits per heavy atom. The predicted octanol–water partition coefficient (Wildman–Crippen LogP) is 4.97. The lowest BCUT2D eigenvalue weighted by atomic mass is 9.77. The molecule has 0 saturated heterocycles. The van der Waals surface area contributed by atoms with Gasteiger partial charge in [0, 0.05) is 16.1 Å². The lowest BCUT2D eigenvalue weighted by molar-refractivity contribution is -0.484. The number of fused-ring (bicyclic) bond motifs is 1. The molecular formula is C24H26N2O5. The van der Waals surface area contributed by atoms with Crippen molar-refractivity contribution in [1.82, 2.24) is 0 Å². The van der Waals surface area contributed by atoms with Crippen LogP contribution < -0.4 is 4.90 Å². The zero-order chi connectivity index (χ0) is 22.7. The van der Waals surface area contributed by atoms with Crippen molar-refractivity contribution in [3.63, 3.8) is 0 Å². The van der Waals surface area contributed by atoms with Gasteiger partial charge in [0.1, 0.15) is 0 Å². The Bertz CT molecular complexity index is 1040. The minimum atomic E-state index is -0.756. The van der Waals surface area contributed by atoms with Crippen LogP contribution in [-0.2, 0) is 9.53 Å². The molecule has 0 aliphatic carbocycles. The number of hydrogen-bond donors (Lipinski definition) is 0. The molecule has 0 radical (unpaired) electrons. The van der Waals surface area contributed by atoms with Crippen molar-refractivity contribution in [2.75, 3.05) is 18.6 Å². The van der Waals surface area contributed by atoms with Gasteiger partial charge in [-0.25, -0.2) is 9.69 Å². The molecule has 0 fully saturated rings. The van der Waals surface area contributed by atoms with Gasteiger partial charge in [0.2, 0.25) is 6.54 Å². The molecule has 7 nitrogen and oxygen atoms in total. The minimum absolute atomic E-state index is 0.247. The van der Waals surface area contributed by atoms with E-state index in [1.54, 1.807) is 24.3 Å². The number of carbonyl (C=O) groups is 2. The lowest BCUT2D eigenvalue weighted by Crippen LogP contribution is -2.33. The Hall–Kier alpha value is -3.48. The molecule has 0 aromatic heterocycles. The first-order valence-electron chi connectivity index (χ1n) is 10.2. The highest BCUT2D eigenvalue weighted by Gasteiger charge is 2.40. The van der Waals surface area contributed by atoms with Gasteiger partial charge in [0.25, 0.3) is 5.91 Å². The fraction of sp³-hybridized carbons (Fsp3) is 0.333. The Morgan fingerprint density at radius 2 is 1.81 bits per heavy atom. The summed E-state index contributed by atoms with van der Waals surface area (Å²) >= 11 is 0. The van der Waals surface area contributed by atoms with Crippen LogP contribution in [0.1, 0.15) is 42.9 Å². The second-order valence-corrected chi connectivity index (χ2v) is 7.73. The molecule has 0 unspecified atom stereocenters. The van der Waals surface area contributed by atoms with Crippen LogP contribution in [0.5, 0.6) is 0 Å². The number of ether oxygens (including phenoxy) is 1. The van der Waals surface area contributed by atoms with Crippen molar-refractivity contribution in [3.8, 4) is 0 Å². The van der Waals surface area contributed by atoms with Crippen LogP contribution in [0, 0.1) is 23.0 Å². The summed E-state index contributed by atoms with van der Waals surface area (Å²) in [5.41, 5.74) is 4.17. The number of amides is 2. The van der Waals surface area contributed by atoms with Crippen molar-refractivity contribution in [1.29, 1.82) is 0 Å². The molecule has 3 rings (SSSR count). The van der Waals surface area contributed by atoms with Gasteiger partial charge in [-0.2, -0.15) is 0 Å². The number of aryl methyl sites for hydroxylation is 1. The van der Waals surface area contributed by atoms with Crippen LogP contribution in [0.15, 0.2) is 54.1 Å². The Balaban J connectivity index is 2.15. The van der Waals surface area contributed by atoms with Gasteiger partial charge in [-0.15, -0.1) is 0 Å². The molecule has 2 aromatic carbocycles. The van der Waals surface area contributed by atoms with Crippen LogP contribution in [0.25, 0.3) is 5.57 Å². The summed E-state index contributed by atoms with van der Waals surface area (Å²) in [5.74, 6) is -1.12. The van der Waals surface area contributed by atoms with Crippen molar-refractivity contribution in [2.45, 2.75) is 33.1 Å². The third-order valence-corrected chi connectivity index (χ3v) is 5.92. The number of anilines is 1. The number of hydrogen-bond acceptors (Lipinski definition) is 5. The summed E-state index contributed by atoms with van der Waals surface area (Å²) in [7, 11) is 1.23. The normalized spacial score (nSPS) is 16.5. The summed E-state index contributed by atoms with van der Waals surface area (Å²) in [6.07, 6.45) is -0.149. The van der Waals surface area contributed by atoms with Crippen LogP contribution >= 0.6 is 0 Å². The predicted molar refractivity (Wildman–Crippen MR) is 118 cm³/mol. The smallest absolute Gasteiger partial charge is 0.421 e. The number of allylic oxidation sites excluding steroid dienone is 1. The Labute approximate surface area is 181 Å². The maximum atomic E-state index is 13.3. The molecular weight excluding hydrogens is 396 g/mol. The molecule has 0 saturated carbocycles. The summed E-state index contributed by atoms with van der Waals surface area (Å²) in [6.45, 7) is 5.51. The molecule has 1 heterocycles. The monoisotopic (exact) mass is 422 g/mol. The van der Waals surface area contributed by atoms with Crippen molar-refractivity contribution in [2.24, 2.45) is 5.92 Å². The number of methoxy groups -OCH3 is 1. The third-order valence-electron chi connectivity index (χ3n) is 5.92. The van der Waals surface area contributed by atoms with Gasteiger partial charge in [0.15, 0.2) is 0 Å². The summed E-state index contributed by atoms with van der Waals surface area (Å²) in [5, 5.41) is 11.5. The number of nitrogens with zero attached hydrogens (tertiary/aromatic N) is 2. The zero-order valence-corrected chi connectivity index (χ0v) is 18.1. The Kier molecular flexibility index (Phi) is 6.53. The first-order chi connectivity index (χ1) is 14.8. The van der Waals surface area contributed by atoms with E-state index in [9.17, 15) is 19.7 Å². The van der Waals surface area contributed by atoms with E-state index in [1.807, 2.05) is 45.0 Å². The second kappa shape index (κ2) is 9.12. The lowest BCUT2D eigenvalue weighted by Gasteiger charge is -2.26. The quantitative estimate of drug-likeness (QED) is 0.372. The molecule has 31 heavy (non-hydrogen) atoms. The molecule has 7 heteroatoms. The number of imide groups is 1.